The standard InChI is InChI=1S/C10H6Cl3N3O/c1-5-4-6(11)2-3-7(5)17-9-8(12)15-16-10(13)14-9/h2-4H,1H3. The maximum absolute atomic E-state index is 5.84. The third kappa shape index (κ3) is 2.97. The van der Waals surface area contributed by atoms with Crippen LogP contribution in [0, 0.1) is 6.92 Å². The van der Waals surface area contributed by atoms with Crippen molar-refractivity contribution >= 4 is 34.8 Å². The highest BCUT2D eigenvalue weighted by Crippen LogP contribution is 2.29. The molecule has 0 unspecified atom stereocenters. The minimum atomic E-state index is -0.0315. The molecule has 1 heterocycles. The smallest absolute Gasteiger partial charge is 0.262 e. The van der Waals surface area contributed by atoms with Crippen LogP contribution >= 0.6 is 34.8 Å². The molecule has 0 N–H and O–H groups in total. The normalized spacial score (nSPS) is 10.4. The molecule has 2 rings (SSSR count). The zero-order valence-electron chi connectivity index (χ0n) is 8.62. The van der Waals surface area contributed by atoms with E-state index in [2.05, 4.69) is 15.2 Å². The molecule has 7 heteroatoms. The van der Waals surface area contributed by atoms with Gasteiger partial charge in [0.05, 0.1) is 0 Å². The molecule has 0 atom stereocenters. The molecule has 4 nitrogen and oxygen atoms in total. The summed E-state index contributed by atoms with van der Waals surface area (Å²) in [7, 11) is 0. The largest absolute Gasteiger partial charge is 0.436 e. The Hall–Kier alpha value is -1.10. The van der Waals surface area contributed by atoms with E-state index in [0.717, 1.165) is 5.56 Å². The summed E-state index contributed by atoms with van der Waals surface area (Å²) in [6.45, 7) is 1.85. The Labute approximate surface area is 113 Å². The van der Waals surface area contributed by atoms with E-state index in [4.69, 9.17) is 39.5 Å². The van der Waals surface area contributed by atoms with Crippen LogP contribution < -0.4 is 4.74 Å². The van der Waals surface area contributed by atoms with Crippen molar-refractivity contribution < 1.29 is 4.74 Å². The van der Waals surface area contributed by atoms with Gasteiger partial charge in [-0.05, 0) is 42.3 Å². The fourth-order valence-corrected chi connectivity index (χ4v) is 1.64. The lowest BCUT2D eigenvalue weighted by Crippen LogP contribution is -1.95. The quantitative estimate of drug-likeness (QED) is 0.840. The molecule has 0 amide bonds. The van der Waals surface area contributed by atoms with Gasteiger partial charge in [-0.25, -0.2) is 0 Å². The summed E-state index contributed by atoms with van der Waals surface area (Å²) in [5, 5.41) is 7.72. The Bertz CT molecular complexity index is 562. The lowest BCUT2D eigenvalue weighted by molar-refractivity contribution is 0.454. The van der Waals surface area contributed by atoms with Gasteiger partial charge < -0.3 is 4.74 Å². The van der Waals surface area contributed by atoms with Crippen molar-refractivity contribution in [1.29, 1.82) is 0 Å². The molecule has 88 valence electrons. The van der Waals surface area contributed by atoms with Crippen LogP contribution in [0.25, 0.3) is 0 Å². The average molecular weight is 291 g/mol. The van der Waals surface area contributed by atoms with Crippen molar-refractivity contribution in [1.82, 2.24) is 15.2 Å². The number of nitrogens with zero attached hydrogens (tertiary/aromatic N) is 3. The van der Waals surface area contributed by atoms with Crippen LogP contribution in [0.2, 0.25) is 15.5 Å². The van der Waals surface area contributed by atoms with Crippen LogP contribution in [0.1, 0.15) is 5.56 Å². The van der Waals surface area contributed by atoms with Crippen LogP contribution in [-0.2, 0) is 0 Å². The van der Waals surface area contributed by atoms with Gasteiger partial charge in [0.1, 0.15) is 5.75 Å². The topological polar surface area (TPSA) is 47.9 Å². The highest BCUT2D eigenvalue weighted by Gasteiger charge is 2.10. The highest BCUT2D eigenvalue weighted by molar-refractivity contribution is 6.31. The molecule has 0 fully saturated rings. The summed E-state index contributed by atoms with van der Waals surface area (Å²) in [4.78, 5) is 3.84. The van der Waals surface area contributed by atoms with E-state index in [0.29, 0.717) is 10.8 Å². The van der Waals surface area contributed by atoms with E-state index < -0.39 is 0 Å². The second kappa shape index (κ2) is 5.04. The summed E-state index contributed by atoms with van der Waals surface area (Å²) in [6, 6.07) is 5.18. The molecular formula is C10H6Cl3N3O. The minimum Gasteiger partial charge on any atom is -0.436 e. The molecule has 0 saturated carbocycles. The predicted octanol–water partition coefficient (Wildman–Crippen LogP) is 3.93. The first kappa shape index (κ1) is 12.4. The van der Waals surface area contributed by atoms with Gasteiger partial charge in [-0.15, -0.1) is 10.2 Å². The molecule has 0 aliphatic carbocycles. The lowest BCUT2D eigenvalue weighted by atomic mass is 10.2. The molecule has 0 saturated heterocycles. The fourth-order valence-electron chi connectivity index (χ4n) is 1.18. The number of aryl methyl sites for hydroxylation is 1. The monoisotopic (exact) mass is 289 g/mol. The molecule has 1 aromatic heterocycles. The first-order chi connectivity index (χ1) is 8.06. The van der Waals surface area contributed by atoms with E-state index in [1.807, 2.05) is 6.92 Å². The summed E-state index contributed by atoms with van der Waals surface area (Å²) in [6.07, 6.45) is 0. The molecule has 0 aliphatic heterocycles. The molecule has 17 heavy (non-hydrogen) atoms. The lowest BCUT2D eigenvalue weighted by Gasteiger charge is -2.08. The summed E-state index contributed by atoms with van der Waals surface area (Å²) in [5.74, 6) is 0.685. The van der Waals surface area contributed by atoms with Crippen LogP contribution in [0.3, 0.4) is 0 Å². The van der Waals surface area contributed by atoms with E-state index in [1.165, 1.54) is 0 Å². The third-order valence-corrected chi connectivity index (χ3v) is 2.57. The van der Waals surface area contributed by atoms with Gasteiger partial charge >= 0.3 is 0 Å². The maximum atomic E-state index is 5.84. The highest BCUT2D eigenvalue weighted by atomic mass is 35.5. The Kier molecular flexibility index (Phi) is 3.66. The van der Waals surface area contributed by atoms with E-state index in [1.54, 1.807) is 18.2 Å². The minimum absolute atomic E-state index is 0.0315. The molecule has 0 bridgehead atoms. The van der Waals surface area contributed by atoms with Crippen molar-refractivity contribution in [2.24, 2.45) is 0 Å². The maximum Gasteiger partial charge on any atom is 0.262 e. The van der Waals surface area contributed by atoms with Crippen molar-refractivity contribution in [2.45, 2.75) is 6.92 Å². The fraction of sp³-hybridized carbons (Fsp3) is 0.100. The molecule has 0 spiro atoms. The zero-order chi connectivity index (χ0) is 12.4. The third-order valence-electron chi connectivity index (χ3n) is 1.93. The number of aromatic nitrogens is 3. The molecule has 0 aliphatic rings. The molecule has 1 aromatic carbocycles. The number of hydrogen-bond donors (Lipinski definition) is 0. The Morgan fingerprint density at radius 2 is 1.88 bits per heavy atom. The average Bonchev–Trinajstić information content (AvgIpc) is 2.27. The molecular weight excluding hydrogens is 284 g/mol. The molecule has 0 radical (unpaired) electrons. The Balaban J connectivity index is 2.34. The van der Waals surface area contributed by atoms with Crippen molar-refractivity contribution in [3.05, 3.63) is 39.2 Å². The van der Waals surface area contributed by atoms with Crippen molar-refractivity contribution in [3.8, 4) is 11.6 Å². The van der Waals surface area contributed by atoms with Crippen LogP contribution in [-0.4, -0.2) is 15.2 Å². The van der Waals surface area contributed by atoms with Gasteiger partial charge in [0.2, 0.25) is 10.4 Å². The second-order valence-electron chi connectivity index (χ2n) is 3.19. The number of ether oxygens (including phenoxy) is 1. The number of rotatable bonds is 2. The van der Waals surface area contributed by atoms with Crippen molar-refractivity contribution in [3.63, 3.8) is 0 Å². The van der Waals surface area contributed by atoms with Crippen molar-refractivity contribution in [2.75, 3.05) is 0 Å². The van der Waals surface area contributed by atoms with Gasteiger partial charge in [0.25, 0.3) is 5.88 Å². The molecule has 2 aromatic rings. The summed E-state index contributed by atoms with van der Waals surface area (Å²) in [5.41, 5.74) is 0.850. The first-order valence-corrected chi connectivity index (χ1v) is 5.69. The van der Waals surface area contributed by atoms with E-state index in [9.17, 15) is 0 Å². The van der Waals surface area contributed by atoms with E-state index >= 15 is 0 Å². The van der Waals surface area contributed by atoms with Gasteiger partial charge in [-0.2, -0.15) is 4.98 Å². The first-order valence-electron chi connectivity index (χ1n) is 4.56. The number of halogens is 3. The van der Waals surface area contributed by atoms with Crippen LogP contribution in [0.4, 0.5) is 0 Å². The number of hydrogen-bond acceptors (Lipinski definition) is 4. The van der Waals surface area contributed by atoms with Crippen LogP contribution in [0.15, 0.2) is 18.2 Å². The van der Waals surface area contributed by atoms with Gasteiger partial charge in [-0.3, -0.25) is 0 Å². The Morgan fingerprint density at radius 1 is 1.12 bits per heavy atom. The number of benzene rings is 1. The summed E-state index contributed by atoms with van der Waals surface area (Å²) >= 11 is 17.2. The SMILES string of the molecule is Cc1cc(Cl)ccc1Oc1nc(Cl)nnc1Cl. The Morgan fingerprint density at radius 3 is 2.59 bits per heavy atom. The predicted molar refractivity (Wildman–Crippen MR) is 66.1 cm³/mol. The van der Waals surface area contributed by atoms with Crippen LogP contribution in [0.5, 0.6) is 11.6 Å². The van der Waals surface area contributed by atoms with Gasteiger partial charge in [0, 0.05) is 5.02 Å². The second-order valence-corrected chi connectivity index (χ2v) is 4.32. The van der Waals surface area contributed by atoms with Gasteiger partial charge in [0.15, 0.2) is 0 Å². The summed E-state index contributed by atoms with van der Waals surface area (Å²) < 4.78 is 5.49. The van der Waals surface area contributed by atoms with E-state index in [-0.39, 0.29) is 16.3 Å². The zero-order valence-corrected chi connectivity index (χ0v) is 10.9. The van der Waals surface area contributed by atoms with Gasteiger partial charge in [-0.1, -0.05) is 23.2 Å².